The molecule has 3 aliphatic heterocycles. The van der Waals surface area contributed by atoms with E-state index in [-0.39, 0.29) is 48.4 Å². The van der Waals surface area contributed by atoms with Crippen LogP contribution in [-0.2, 0) is 38.4 Å². The fourth-order valence-corrected chi connectivity index (χ4v) is 8.93. The van der Waals surface area contributed by atoms with Crippen LogP contribution in [0.2, 0.25) is 5.02 Å². The molecular weight excluding hydrogens is 588 g/mol. The van der Waals surface area contributed by atoms with E-state index in [4.69, 9.17) is 20.2 Å². The number of thiophene rings is 1. The zero-order valence-electron chi connectivity index (χ0n) is 21.0. The smallest absolute Gasteiger partial charge is 0.310 e. The Kier molecular flexibility index (Phi) is 7.54. The summed E-state index contributed by atoms with van der Waals surface area (Å²) in [5, 5.41) is 6.28. The Hall–Kier alpha value is -1.95. The summed E-state index contributed by atoms with van der Waals surface area (Å²) in [6.07, 6.45) is 1.08. The highest BCUT2D eigenvalue weighted by molar-refractivity contribution is 7.91. The van der Waals surface area contributed by atoms with E-state index in [0.717, 1.165) is 15.8 Å². The summed E-state index contributed by atoms with van der Waals surface area (Å²) in [7, 11) is -3.82. The van der Waals surface area contributed by atoms with Gasteiger partial charge in [-0.2, -0.15) is 4.31 Å². The van der Waals surface area contributed by atoms with Gasteiger partial charge in [-0.25, -0.2) is 22.6 Å². The number of hydrogen-bond donors (Lipinski definition) is 2. The van der Waals surface area contributed by atoms with E-state index in [1.807, 2.05) is 6.92 Å². The number of rotatable bonds is 6. The predicted molar refractivity (Wildman–Crippen MR) is 145 cm³/mol. The van der Waals surface area contributed by atoms with E-state index < -0.39 is 27.3 Å². The number of amides is 1. The van der Waals surface area contributed by atoms with Gasteiger partial charge < -0.3 is 14.6 Å². The number of sulfonamides is 1. The van der Waals surface area contributed by atoms with Gasteiger partial charge in [0.15, 0.2) is 0 Å². The average molecular weight is 615 g/mol. The highest BCUT2D eigenvalue weighted by atomic mass is 35.5. The first-order valence-electron chi connectivity index (χ1n) is 12.5. The largest absolute Gasteiger partial charge is 0.436 e. The molecule has 0 saturated carbocycles. The van der Waals surface area contributed by atoms with Crippen molar-refractivity contribution in [2.75, 3.05) is 32.9 Å². The van der Waals surface area contributed by atoms with Crippen LogP contribution in [0.3, 0.4) is 0 Å². The van der Waals surface area contributed by atoms with Crippen molar-refractivity contribution in [3.05, 3.63) is 46.6 Å². The third-order valence-electron chi connectivity index (χ3n) is 7.08. The summed E-state index contributed by atoms with van der Waals surface area (Å²) in [6, 6.07) is 6.70. The van der Waals surface area contributed by atoms with Gasteiger partial charge in [0, 0.05) is 54.4 Å². The number of nitrogens with zero attached hydrogens (tertiary/aromatic N) is 4. The van der Waals surface area contributed by atoms with Crippen LogP contribution in [0, 0.1) is 0 Å². The number of benzene rings is 1. The number of hydrazine groups is 1. The quantitative estimate of drug-likeness (QED) is 0.426. The molecule has 1 amide bonds. The topological polar surface area (TPSA) is 137 Å². The molecule has 2 N–H and O–H groups in total. The van der Waals surface area contributed by atoms with Crippen LogP contribution in [0.15, 0.2) is 32.9 Å². The summed E-state index contributed by atoms with van der Waals surface area (Å²) in [5.41, 5.74) is 0.771. The van der Waals surface area contributed by atoms with Gasteiger partial charge in [0.05, 0.1) is 12.2 Å². The lowest BCUT2D eigenvalue weighted by Gasteiger charge is -2.40. The third kappa shape index (κ3) is 5.52. The molecular formula is C23H27ClN6O6S3. The van der Waals surface area contributed by atoms with Crippen molar-refractivity contribution in [1.82, 2.24) is 29.3 Å². The van der Waals surface area contributed by atoms with Crippen molar-refractivity contribution < 1.29 is 26.0 Å². The second-order valence-electron chi connectivity index (χ2n) is 9.76. The molecule has 5 heterocycles. The molecule has 3 aliphatic rings. The fraction of sp³-hybridized carbons (Fsp3) is 0.478. The van der Waals surface area contributed by atoms with Crippen LogP contribution < -0.4 is 10.1 Å². The molecule has 3 unspecified atom stereocenters. The number of fused-ring (bicyclic) bond motifs is 2. The van der Waals surface area contributed by atoms with E-state index in [1.165, 1.54) is 15.6 Å². The molecule has 6 rings (SSSR count). The highest BCUT2D eigenvalue weighted by Crippen LogP contribution is 2.34. The van der Waals surface area contributed by atoms with E-state index in [0.29, 0.717) is 36.7 Å². The number of nitrogens with one attached hydrogen (secondary N) is 2. The minimum Gasteiger partial charge on any atom is -0.436 e. The van der Waals surface area contributed by atoms with Gasteiger partial charge in [0.25, 0.3) is 15.9 Å². The van der Waals surface area contributed by atoms with E-state index in [9.17, 15) is 17.4 Å². The molecule has 0 bridgehead atoms. The lowest BCUT2D eigenvalue weighted by Crippen LogP contribution is -2.57. The Morgan fingerprint density at radius 1 is 1.31 bits per heavy atom. The van der Waals surface area contributed by atoms with Gasteiger partial charge in [-0.15, -0.1) is 16.2 Å². The number of oxazole rings is 1. The molecule has 2 fully saturated rings. The Morgan fingerprint density at radius 3 is 2.95 bits per heavy atom. The maximum absolute atomic E-state index is 13.7. The first-order valence-corrected chi connectivity index (χ1v) is 16.2. The third-order valence-corrected chi connectivity index (χ3v) is 11.5. The summed E-state index contributed by atoms with van der Waals surface area (Å²) in [6.45, 7) is 3.47. The highest BCUT2D eigenvalue weighted by Gasteiger charge is 2.39. The number of hydrogen-bond acceptors (Lipinski definition) is 10. The van der Waals surface area contributed by atoms with Gasteiger partial charge >= 0.3 is 5.91 Å². The zero-order chi connectivity index (χ0) is 27.3. The first-order chi connectivity index (χ1) is 18.7. The average Bonchev–Trinajstić information content (AvgIpc) is 3.64. The van der Waals surface area contributed by atoms with Crippen molar-refractivity contribution in [1.29, 1.82) is 0 Å². The van der Waals surface area contributed by atoms with Crippen molar-refractivity contribution in [2.45, 2.75) is 42.6 Å². The lowest BCUT2D eigenvalue weighted by atomic mass is 10.1. The Bertz CT molecular complexity index is 1540. The fourth-order valence-electron chi connectivity index (χ4n) is 5.00. The second-order valence-corrected chi connectivity index (χ2v) is 14.3. The number of piperazine rings is 1. The molecule has 210 valence electrons. The Labute approximate surface area is 237 Å². The van der Waals surface area contributed by atoms with E-state index >= 15 is 0 Å². The number of aromatic nitrogens is 1. The normalized spacial score (nSPS) is 24.9. The van der Waals surface area contributed by atoms with Crippen molar-refractivity contribution in [2.24, 2.45) is 0 Å². The molecule has 2 saturated heterocycles. The first kappa shape index (κ1) is 27.2. The summed E-state index contributed by atoms with van der Waals surface area (Å²) < 4.78 is 52.2. The van der Waals surface area contributed by atoms with E-state index in [1.54, 1.807) is 34.2 Å². The standard InChI is InChI=1S/C23H27ClN6O6S3/c1-14-8-18-19(11-25-14)36-22(26-18)23(31)30-7-6-29(12-17(30)4-5-28-13-35-38(32)27-28)39(33,34)21-9-15-2-3-16(24)10-20(15)37-21/h2-3,9-10,14,17,25,27H,4-8,11-13H2,1H3. The van der Waals surface area contributed by atoms with Gasteiger partial charge in [0.2, 0.25) is 11.3 Å². The molecule has 12 nitrogen and oxygen atoms in total. The van der Waals surface area contributed by atoms with Crippen molar-refractivity contribution >= 4 is 60.2 Å². The Morgan fingerprint density at radius 2 is 2.15 bits per heavy atom. The van der Waals surface area contributed by atoms with Gasteiger partial charge in [-0.3, -0.25) is 8.98 Å². The maximum atomic E-state index is 13.7. The van der Waals surface area contributed by atoms with Crippen LogP contribution >= 0.6 is 22.9 Å². The SMILES string of the molecule is CC1Cc2nc(C(=O)N3CCN(S(=O)(=O)c4cc5ccc(Cl)cc5s4)CC3CCN3COS(=O)N3)oc2CN1. The van der Waals surface area contributed by atoms with Gasteiger partial charge in [0.1, 0.15) is 16.7 Å². The molecule has 0 radical (unpaired) electrons. The van der Waals surface area contributed by atoms with Crippen LogP contribution in [0.4, 0.5) is 0 Å². The van der Waals surface area contributed by atoms with E-state index in [2.05, 4.69) is 15.1 Å². The monoisotopic (exact) mass is 614 g/mol. The Balaban J connectivity index is 1.24. The van der Waals surface area contributed by atoms with Crippen LogP contribution in [0.1, 0.15) is 35.5 Å². The van der Waals surface area contributed by atoms with Crippen molar-refractivity contribution in [3.8, 4) is 0 Å². The van der Waals surface area contributed by atoms with Crippen molar-refractivity contribution in [3.63, 3.8) is 0 Å². The molecule has 0 aliphatic carbocycles. The predicted octanol–water partition coefficient (Wildman–Crippen LogP) is 1.86. The lowest BCUT2D eigenvalue weighted by molar-refractivity contribution is 0.0475. The molecule has 16 heteroatoms. The second kappa shape index (κ2) is 10.8. The van der Waals surface area contributed by atoms with Crippen LogP contribution in [0.25, 0.3) is 10.1 Å². The minimum absolute atomic E-state index is 0.0160. The summed E-state index contributed by atoms with van der Waals surface area (Å²) >= 11 is 5.66. The van der Waals surface area contributed by atoms with Crippen LogP contribution in [-0.4, -0.2) is 82.7 Å². The molecule has 3 atom stereocenters. The maximum Gasteiger partial charge on any atom is 0.310 e. The minimum atomic E-state index is -3.82. The summed E-state index contributed by atoms with van der Waals surface area (Å²) in [4.78, 5) is 22.4. The molecule has 1 aromatic carbocycles. The van der Waals surface area contributed by atoms with Gasteiger partial charge in [-0.1, -0.05) is 17.7 Å². The molecule has 3 aromatic rings. The molecule has 39 heavy (non-hydrogen) atoms. The number of carbonyl (C=O) groups is 1. The molecule has 0 spiro atoms. The van der Waals surface area contributed by atoms with Crippen LogP contribution in [0.5, 0.6) is 0 Å². The van der Waals surface area contributed by atoms with Gasteiger partial charge in [-0.05, 0) is 36.9 Å². The zero-order valence-corrected chi connectivity index (χ0v) is 24.2. The molecule has 2 aromatic heterocycles. The number of carbonyl (C=O) groups excluding carboxylic acids is 1. The number of halogens is 1. The summed E-state index contributed by atoms with van der Waals surface area (Å²) in [5.74, 6) is 0.298.